The summed E-state index contributed by atoms with van der Waals surface area (Å²) < 4.78 is 5.41. The van der Waals surface area contributed by atoms with Crippen molar-refractivity contribution in [1.29, 1.82) is 0 Å². The lowest BCUT2D eigenvalue weighted by atomic mass is 10.1. The van der Waals surface area contributed by atoms with Gasteiger partial charge >= 0.3 is 0 Å². The second-order valence-corrected chi connectivity index (χ2v) is 5.24. The van der Waals surface area contributed by atoms with Crippen LogP contribution in [-0.4, -0.2) is 11.7 Å². The van der Waals surface area contributed by atoms with Gasteiger partial charge in [-0.05, 0) is 80.5 Å². The summed E-state index contributed by atoms with van der Waals surface area (Å²) in [4.78, 5) is 0. The van der Waals surface area contributed by atoms with E-state index < -0.39 is 0 Å². The molecular weight excluding hydrogens is 280 g/mol. The van der Waals surface area contributed by atoms with Gasteiger partial charge in [0.25, 0.3) is 0 Å². The van der Waals surface area contributed by atoms with Gasteiger partial charge in [0.2, 0.25) is 0 Å². The van der Waals surface area contributed by atoms with Crippen LogP contribution < -0.4 is 15.4 Å². The Hall–Kier alpha value is -2.07. The maximum absolute atomic E-state index is 5.41. The van der Waals surface area contributed by atoms with Crippen molar-refractivity contribution in [3.8, 4) is 5.75 Å². The summed E-state index contributed by atoms with van der Waals surface area (Å²) in [5.74, 6) is 0.857. The van der Waals surface area contributed by atoms with E-state index in [9.17, 15) is 0 Å². The van der Waals surface area contributed by atoms with Gasteiger partial charge in [-0.2, -0.15) is 0 Å². The number of benzene rings is 2. The van der Waals surface area contributed by atoms with Crippen LogP contribution in [0, 0.1) is 13.8 Å². The molecule has 0 saturated heterocycles. The van der Waals surface area contributed by atoms with Gasteiger partial charge in [0.15, 0.2) is 5.11 Å². The molecule has 2 N–H and O–H groups in total. The molecule has 0 fully saturated rings. The van der Waals surface area contributed by atoms with E-state index in [1.165, 1.54) is 11.1 Å². The first kappa shape index (κ1) is 15.3. The van der Waals surface area contributed by atoms with Crippen molar-refractivity contribution in [3.63, 3.8) is 0 Å². The first-order valence-corrected chi connectivity index (χ1v) is 7.37. The summed E-state index contributed by atoms with van der Waals surface area (Å²) >= 11 is 5.32. The van der Waals surface area contributed by atoms with Crippen LogP contribution in [0.15, 0.2) is 42.5 Å². The van der Waals surface area contributed by atoms with Gasteiger partial charge in [0.1, 0.15) is 5.75 Å². The SMILES string of the molecule is CCOc1ccc(NC(=S)Nc2ccc(C)c(C)c2)cc1. The highest BCUT2D eigenvalue weighted by molar-refractivity contribution is 7.80. The number of ether oxygens (including phenoxy) is 1. The molecule has 0 aliphatic carbocycles. The lowest BCUT2D eigenvalue weighted by Crippen LogP contribution is -2.19. The zero-order chi connectivity index (χ0) is 15.2. The molecular formula is C17H20N2OS. The van der Waals surface area contributed by atoms with Gasteiger partial charge < -0.3 is 15.4 Å². The summed E-state index contributed by atoms with van der Waals surface area (Å²) in [5.41, 5.74) is 4.43. The molecule has 0 radical (unpaired) electrons. The Morgan fingerprint density at radius 2 is 1.57 bits per heavy atom. The Balaban J connectivity index is 1.96. The summed E-state index contributed by atoms with van der Waals surface area (Å²) in [6.07, 6.45) is 0. The van der Waals surface area contributed by atoms with Gasteiger partial charge in [-0.1, -0.05) is 6.07 Å². The van der Waals surface area contributed by atoms with E-state index in [-0.39, 0.29) is 0 Å². The van der Waals surface area contributed by atoms with E-state index in [1.807, 2.05) is 37.3 Å². The van der Waals surface area contributed by atoms with Crippen molar-refractivity contribution in [2.24, 2.45) is 0 Å². The first-order chi connectivity index (χ1) is 10.1. The number of aryl methyl sites for hydroxylation is 2. The van der Waals surface area contributed by atoms with Crippen molar-refractivity contribution in [2.75, 3.05) is 17.2 Å². The third-order valence-corrected chi connectivity index (χ3v) is 3.39. The minimum atomic E-state index is 0.572. The summed E-state index contributed by atoms with van der Waals surface area (Å²) in [6.45, 7) is 6.81. The topological polar surface area (TPSA) is 33.3 Å². The monoisotopic (exact) mass is 300 g/mol. The van der Waals surface area contributed by atoms with Gasteiger partial charge in [-0.3, -0.25) is 0 Å². The maximum atomic E-state index is 5.41. The van der Waals surface area contributed by atoms with Crippen LogP contribution >= 0.6 is 12.2 Å². The quantitative estimate of drug-likeness (QED) is 0.814. The van der Waals surface area contributed by atoms with E-state index in [0.717, 1.165) is 17.1 Å². The van der Waals surface area contributed by atoms with Crippen molar-refractivity contribution < 1.29 is 4.74 Å². The maximum Gasteiger partial charge on any atom is 0.175 e. The lowest BCUT2D eigenvalue weighted by Gasteiger charge is -2.12. The molecule has 0 spiro atoms. The molecule has 0 unspecified atom stereocenters. The zero-order valence-corrected chi connectivity index (χ0v) is 13.4. The van der Waals surface area contributed by atoms with Gasteiger partial charge in [-0.25, -0.2) is 0 Å². The molecule has 0 bridgehead atoms. The molecule has 0 atom stereocenters. The smallest absolute Gasteiger partial charge is 0.175 e. The van der Waals surface area contributed by atoms with Gasteiger partial charge in [-0.15, -0.1) is 0 Å². The normalized spacial score (nSPS) is 10.0. The second kappa shape index (κ2) is 7.09. The number of anilines is 2. The predicted octanol–water partition coefficient (Wildman–Crippen LogP) is 4.51. The van der Waals surface area contributed by atoms with Crippen LogP contribution in [-0.2, 0) is 0 Å². The molecule has 0 saturated carbocycles. The van der Waals surface area contributed by atoms with E-state index in [2.05, 4.69) is 36.6 Å². The Bertz CT molecular complexity index is 623. The highest BCUT2D eigenvalue weighted by Crippen LogP contribution is 2.17. The molecule has 0 aromatic heterocycles. The molecule has 0 aliphatic heterocycles. The largest absolute Gasteiger partial charge is 0.494 e. The van der Waals surface area contributed by atoms with Crippen LogP contribution in [0.2, 0.25) is 0 Å². The molecule has 110 valence electrons. The van der Waals surface area contributed by atoms with Crippen molar-refractivity contribution in [3.05, 3.63) is 53.6 Å². The molecule has 2 aromatic carbocycles. The van der Waals surface area contributed by atoms with Gasteiger partial charge in [0, 0.05) is 11.4 Å². The van der Waals surface area contributed by atoms with E-state index in [1.54, 1.807) is 0 Å². The first-order valence-electron chi connectivity index (χ1n) is 6.96. The molecule has 21 heavy (non-hydrogen) atoms. The molecule has 2 aromatic rings. The van der Waals surface area contributed by atoms with Crippen LogP contribution in [0.4, 0.5) is 11.4 Å². The minimum absolute atomic E-state index is 0.572. The van der Waals surface area contributed by atoms with Crippen molar-refractivity contribution in [1.82, 2.24) is 0 Å². The van der Waals surface area contributed by atoms with Gasteiger partial charge in [0.05, 0.1) is 6.61 Å². The highest BCUT2D eigenvalue weighted by atomic mass is 32.1. The third kappa shape index (κ3) is 4.46. The number of nitrogens with one attached hydrogen (secondary N) is 2. The molecule has 0 heterocycles. The van der Waals surface area contributed by atoms with E-state index in [0.29, 0.717) is 11.7 Å². The molecule has 0 aliphatic rings. The summed E-state index contributed by atoms with van der Waals surface area (Å²) in [5, 5.41) is 6.92. The highest BCUT2D eigenvalue weighted by Gasteiger charge is 2.01. The van der Waals surface area contributed by atoms with E-state index >= 15 is 0 Å². The average Bonchev–Trinajstić information content (AvgIpc) is 2.45. The Morgan fingerprint density at radius 1 is 0.952 bits per heavy atom. The summed E-state index contributed by atoms with van der Waals surface area (Å²) in [6, 6.07) is 13.9. The summed E-state index contributed by atoms with van der Waals surface area (Å²) in [7, 11) is 0. The molecule has 3 nitrogen and oxygen atoms in total. The minimum Gasteiger partial charge on any atom is -0.494 e. The van der Waals surface area contributed by atoms with E-state index in [4.69, 9.17) is 17.0 Å². The number of hydrogen-bond acceptors (Lipinski definition) is 2. The van der Waals surface area contributed by atoms with Crippen LogP contribution in [0.3, 0.4) is 0 Å². The number of rotatable bonds is 4. The predicted molar refractivity (Wildman–Crippen MR) is 93.4 cm³/mol. The average molecular weight is 300 g/mol. The third-order valence-electron chi connectivity index (χ3n) is 3.19. The standard InChI is InChI=1S/C17H20N2OS/c1-4-20-16-9-7-14(8-10-16)18-17(21)19-15-6-5-12(2)13(3)11-15/h5-11H,4H2,1-3H3,(H2,18,19,21). The fourth-order valence-electron chi connectivity index (χ4n) is 1.91. The molecule has 0 amide bonds. The van der Waals surface area contributed by atoms with Crippen molar-refractivity contribution >= 4 is 28.7 Å². The Morgan fingerprint density at radius 3 is 2.19 bits per heavy atom. The number of hydrogen-bond donors (Lipinski definition) is 2. The zero-order valence-electron chi connectivity index (χ0n) is 12.6. The number of thiocarbonyl (C=S) groups is 1. The molecule has 2 rings (SSSR count). The van der Waals surface area contributed by atoms with Crippen LogP contribution in [0.5, 0.6) is 5.75 Å². The van der Waals surface area contributed by atoms with Crippen molar-refractivity contribution in [2.45, 2.75) is 20.8 Å². The molecule has 4 heteroatoms. The van der Waals surface area contributed by atoms with Crippen LogP contribution in [0.25, 0.3) is 0 Å². The Labute approximate surface area is 131 Å². The Kier molecular flexibility index (Phi) is 5.17. The fourth-order valence-corrected chi connectivity index (χ4v) is 2.15. The van der Waals surface area contributed by atoms with Crippen LogP contribution in [0.1, 0.15) is 18.1 Å². The fraction of sp³-hybridized carbons (Fsp3) is 0.235. The second-order valence-electron chi connectivity index (χ2n) is 4.84. The lowest BCUT2D eigenvalue weighted by molar-refractivity contribution is 0.340.